The van der Waals surface area contributed by atoms with Crippen LogP contribution in [0.2, 0.25) is 5.02 Å². The number of amides is 1. The Morgan fingerprint density at radius 1 is 1.20 bits per heavy atom. The molecule has 3 rings (SSSR count). The number of nitrogens with zero attached hydrogens (tertiary/aromatic N) is 1. The van der Waals surface area contributed by atoms with Gasteiger partial charge in [-0.05, 0) is 65.4 Å². The highest BCUT2D eigenvalue weighted by Gasteiger charge is 2.21. The van der Waals surface area contributed by atoms with Gasteiger partial charge in [-0.2, -0.15) is 0 Å². The second-order valence-corrected chi connectivity index (χ2v) is 10.5. The lowest BCUT2D eigenvalue weighted by Gasteiger charge is -2.15. The summed E-state index contributed by atoms with van der Waals surface area (Å²) in [7, 11) is -2.11. The second kappa shape index (κ2) is 8.56. The van der Waals surface area contributed by atoms with Gasteiger partial charge < -0.3 is 15.0 Å². The molecule has 1 aromatic heterocycles. The molecule has 1 heterocycles. The van der Waals surface area contributed by atoms with E-state index in [-0.39, 0.29) is 10.8 Å². The van der Waals surface area contributed by atoms with Gasteiger partial charge in [0, 0.05) is 16.0 Å². The van der Waals surface area contributed by atoms with Gasteiger partial charge >= 0.3 is 5.97 Å². The molecule has 0 radical (unpaired) electrons. The zero-order chi connectivity index (χ0) is 22.2. The van der Waals surface area contributed by atoms with Gasteiger partial charge in [-0.3, -0.25) is 9.59 Å². The van der Waals surface area contributed by atoms with Gasteiger partial charge in [0.2, 0.25) is 0 Å². The van der Waals surface area contributed by atoms with Crippen LogP contribution in [-0.4, -0.2) is 35.7 Å². The molecule has 1 atom stereocenters. The van der Waals surface area contributed by atoms with Gasteiger partial charge in [0.1, 0.15) is 5.69 Å². The molecule has 0 bridgehead atoms. The Morgan fingerprint density at radius 2 is 1.83 bits per heavy atom. The summed E-state index contributed by atoms with van der Waals surface area (Å²) in [5.74, 6) is -2.68. The van der Waals surface area contributed by atoms with Crippen LogP contribution in [-0.2, 0) is 21.7 Å². The van der Waals surface area contributed by atoms with Gasteiger partial charge in [0.25, 0.3) is 5.91 Å². The number of aliphatic carboxylic acids is 1. The summed E-state index contributed by atoms with van der Waals surface area (Å²) in [5.41, 5.74) is 1.98. The molecule has 3 aromatic rings. The maximum Gasteiger partial charge on any atom is 0.319 e. The first-order chi connectivity index (χ1) is 14.0. The number of carbonyl (C=O) groups excluding carboxylic acids is 1. The van der Waals surface area contributed by atoms with Gasteiger partial charge in [0.05, 0.1) is 21.5 Å². The van der Waals surface area contributed by atoms with Crippen LogP contribution in [0.1, 0.15) is 29.0 Å². The van der Waals surface area contributed by atoms with Crippen LogP contribution >= 0.6 is 34.2 Å². The minimum atomic E-state index is -3.90. The van der Waals surface area contributed by atoms with E-state index in [2.05, 4.69) is 27.9 Å². The van der Waals surface area contributed by atoms with E-state index in [0.717, 1.165) is 14.5 Å². The first-order valence-electron chi connectivity index (χ1n) is 8.79. The predicted molar refractivity (Wildman–Crippen MR) is 123 cm³/mol. The molecule has 0 aliphatic rings. The zero-order valence-electron chi connectivity index (χ0n) is 16.0. The molecular weight excluding hydrogens is 543 g/mol. The molecule has 10 heteroatoms. The molecule has 1 amide bonds. The average Bonchev–Trinajstić information content (AvgIpc) is 2.98. The number of hydrogen-bond donors (Lipinski definition) is 2. The van der Waals surface area contributed by atoms with Crippen molar-refractivity contribution in [3.05, 3.63) is 62.3 Å². The van der Waals surface area contributed by atoms with Crippen LogP contribution in [0.4, 0.5) is 0 Å². The number of carbonyl (C=O) groups is 2. The van der Waals surface area contributed by atoms with Crippen LogP contribution in [0, 0.1) is 3.57 Å². The standard InChI is InChI=1S/C20H18ClIN2O5S/c1-11(12-3-5-14(6-4-12)30(28,29)10-19(25)26)23-20(27)18-9-15-16(21)7-13(22)8-17(15)24(18)2/h3-9,11H,10H2,1-2H3,(H,23,27)(H,25,26)/t11-/m1/s1. The molecule has 0 saturated carbocycles. The third kappa shape index (κ3) is 4.62. The van der Waals surface area contributed by atoms with Crippen LogP contribution in [0.5, 0.6) is 0 Å². The highest BCUT2D eigenvalue weighted by atomic mass is 127. The van der Waals surface area contributed by atoms with Crippen LogP contribution in [0.25, 0.3) is 10.9 Å². The fourth-order valence-corrected chi connectivity index (χ4v) is 5.24. The van der Waals surface area contributed by atoms with Gasteiger partial charge in [-0.25, -0.2) is 8.42 Å². The van der Waals surface area contributed by atoms with Crippen molar-refractivity contribution in [1.29, 1.82) is 0 Å². The number of carboxylic acid groups (broad SMARTS) is 1. The number of nitrogens with one attached hydrogen (secondary N) is 1. The third-order valence-corrected chi connectivity index (χ3v) is 7.26. The Hall–Kier alpha value is -2.11. The minimum Gasteiger partial charge on any atom is -0.480 e. The number of hydrogen-bond acceptors (Lipinski definition) is 4. The van der Waals surface area contributed by atoms with E-state index in [9.17, 15) is 18.0 Å². The Bertz CT molecular complexity index is 1250. The van der Waals surface area contributed by atoms with E-state index < -0.39 is 27.6 Å². The summed E-state index contributed by atoms with van der Waals surface area (Å²) >= 11 is 8.47. The molecule has 0 fully saturated rings. The zero-order valence-corrected chi connectivity index (χ0v) is 19.7. The Labute approximate surface area is 192 Å². The lowest BCUT2D eigenvalue weighted by molar-refractivity contribution is -0.134. The lowest BCUT2D eigenvalue weighted by Crippen LogP contribution is -2.28. The molecular formula is C20H18ClIN2O5S. The average molecular weight is 561 g/mol. The monoisotopic (exact) mass is 560 g/mol. The van der Waals surface area contributed by atoms with Gasteiger partial charge in [0.15, 0.2) is 15.6 Å². The number of carboxylic acids is 1. The van der Waals surface area contributed by atoms with Crippen LogP contribution < -0.4 is 5.32 Å². The van der Waals surface area contributed by atoms with Crippen molar-refractivity contribution in [2.24, 2.45) is 7.05 Å². The third-order valence-electron chi connectivity index (χ3n) is 4.71. The van der Waals surface area contributed by atoms with E-state index in [1.807, 2.05) is 12.1 Å². The van der Waals surface area contributed by atoms with Crippen molar-refractivity contribution < 1.29 is 23.1 Å². The summed E-state index contributed by atoms with van der Waals surface area (Å²) in [5, 5.41) is 13.0. The first kappa shape index (κ1) is 22.6. The minimum absolute atomic E-state index is 0.0786. The quantitative estimate of drug-likeness (QED) is 0.447. The maximum absolute atomic E-state index is 12.8. The predicted octanol–water partition coefficient (Wildman–Crippen LogP) is 3.79. The first-order valence-corrected chi connectivity index (χ1v) is 11.9. The second-order valence-electron chi connectivity index (χ2n) is 6.83. The van der Waals surface area contributed by atoms with Crippen LogP contribution in [0.15, 0.2) is 47.4 Å². The number of halogens is 2. The summed E-state index contributed by atoms with van der Waals surface area (Å²) in [6.45, 7) is 1.78. The molecule has 30 heavy (non-hydrogen) atoms. The summed E-state index contributed by atoms with van der Waals surface area (Å²) in [4.78, 5) is 23.5. The topological polar surface area (TPSA) is 105 Å². The van der Waals surface area contributed by atoms with Crippen molar-refractivity contribution >= 4 is 66.8 Å². The van der Waals surface area contributed by atoms with E-state index in [1.165, 1.54) is 12.1 Å². The number of aryl methyl sites for hydroxylation is 1. The molecule has 0 spiro atoms. The maximum atomic E-state index is 12.8. The number of sulfone groups is 1. The van der Waals surface area contributed by atoms with Crippen molar-refractivity contribution in [1.82, 2.24) is 9.88 Å². The molecule has 7 nitrogen and oxygen atoms in total. The lowest BCUT2D eigenvalue weighted by atomic mass is 10.1. The number of aromatic nitrogens is 1. The van der Waals surface area contributed by atoms with Gasteiger partial charge in [-0.15, -0.1) is 0 Å². The van der Waals surface area contributed by atoms with Gasteiger partial charge in [-0.1, -0.05) is 23.7 Å². The van der Waals surface area contributed by atoms with Crippen molar-refractivity contribution in [3.63, 3.8) is 0 Å². The van der Waals surface area contributed by atoms with E-state index in [1.54, 1.807) is 36.7 Å². The largest absolute Gasteiger partial charge is 0.480 e. The van der Waals surface area contributed by atoms with Crippen molar-refractivity contribution in [2.45, 2.75) is 17.9 Å². The van der Waals surface area contributed by atoms with E-state index in [4.69, 9.17) is 16.7 Å². The Morgan fingerprint density at radius 3 is 2.43 bits per heavy atom. The Kier molecular flexibility index (Phi) is 6.44. The SMILES string of the molecule is C[C@@H](NC(=O)c1cc2c(Cl)cc(I)cc2n1C)c1ccc(S(=O)(=O)CC(=O)O)cc1. The number of benzene rings is 2. The summed E-state index contributed by atoms with van der Waals surface area (Å²) < 4.78 is 26.7. The molecule has 2 aromatic carbocycles. The highest BCUT2D eigenvalue weighted by molar-refractivity contribution is 14.1. The molecule has 2 N–H and O–H groups in total. The summed E-state index contributed by atoms with van der Waals surface area (Å²) in [6.07, 6.45) is 0. The Balaban J connectivity index is 1.81. The van der Waals surface area contributed by atoms with Crippen molar-refractivity contribution in [2.75, 3.05) is 5.75 Å². The summed E-state index contributed by atoms with van der Waals surface area (Å²) in [6, 6.07) is 10.9. The fourth-order valence-electron chi connectivity index (χ4n) is 3.14. The molecule has 0 aliphatic heterocycles. The molecule has 0 aliphatic carbocycles. The normalized spacial score (nSPS) is 12.7. The van der Waals surface area contributed by atoms with Crippen LogP contribution in [0.3, 0.4) is 0 Å². The number of rotatable bonds is 6. The fraction of sp³-hybridized carbons (Fsp3) is 0.200. The molecule has 0 unspecified atom stereocenters. The van der Waals surface area contributed by atoms with E-state index in [0.29, 0.717) is 16.3 Å². The molecule has 158 valence electrons. The highest BCUT2D eigenvalue weighted by Crippen LogP contribution is 2.29. The van der Waals surface area contributed by atoms with Crippen molar-refractivity contribution in [3.8, 4) is 0 Å². The molecule has 0 saturated heterocycles. The smallest absolute Gasteiger partial charge is 0.319 e. The van der Waals surface area contributed by atoms with E-state index >= 15 is 0 Å². The number of fused-ring (bicyclic) bond motifs is 1.